The van der Waals surface area contributed by atoms with Crippen molar-refractivity contribution in [1.29, 1.82) is 0 Å². The molecule has 25 heavy (non-hydrogen) atoms. The molecule has 0 aromatic carbocycles. The Morgan fingerprint density at radius 1 is 0.600 bits per heavy atom. The minimum Gasteiger partial charge on any atom is -0.317 e. The van der Waals surface area contributed by atoms with Gasteiger partial charge in [-0.1, -0.05) is 64.6 Å². The van der Waals surface area contributed by atoms with Crippen LogP contribution in [-0.4, -0.2) is 90.1 Å². The third kappa shape index (κ3) is 4.16. The van der Waals surface area contributed by atoms with E-state index in [9.17, 15) is 0 Å². The highest BCUT2D eigenvalue weighted by Crippen LogP contribution is 2.36. The number of nitrogens with zero attached hydrogens (tertiary/aromatic N) is 4. The van der Waals surface area contributed by atoms with Gasteiger partial charge in [-0.15, -0.1) is 6.58 Å². The van der Waals surface area contributed by atoms with Crippen molar-refractivity contribution < 1.29 is 0 Å². The Labute approximate surface area is 161 Å². The molecule has 0 amide bonds. The average Bonchev–Trinajstić information content (AvgIpc) is 2.32. The van der Waals surface area contributed by atoms with E-state index in [1.165, 1.54) is 39.3 Å². The maximum Gasteiger partial charge on any atom is 0.295 e. The lowest BCUT2D eigenvalue weighted by Gasteiger charge is -2.65. The predicted octanol–water partition coefficient (Wildman–Crippen LogP) is 3.39. The third-order valence-corrected chi connectivity index (χ3v) is 23.9. The van der Waals surface area contributed by atoms with Crippen molar-refractivity contribution in [3.63, 3.8) is 0 Å². The fourth-order valence-corrected chi connectivity index (χ4v) is 25.7. The molecule has 3 rings (SSSR count). The van der Waals surface area contributed by atoms with Crippen molar-refractivity contribution in [2.24, 2.45) is 0 Å². The molecular weight excluding hydrogens is 373 g/mol. The summed E-state index contributed by atoms with van der Waals surface area (Å²) >= 11 is 0. The minimum atomic E-state index is -2.07. The van der Waals surface area contributed by atoms with Gasteiger partial charge in [0.1, 0.15) is 24.7 Å². The summed E-state index contributed by atoms with van der Waals surface area (Å²) in [4.78, 5) is 2.73. The summed E-state index contributed by atoms with van der Waals surface area (Å²) in [6.45, 7) is 34.9. The summed E-state index contributed by atoms with van der Waals surface area (Å²) in [6.07, 6.45) is 0. The summed E-state index contributed by atoms with van der Waals surface area (Å²) in [6, 6.07) is 0. The molecule has 3 aliphatic heterocycles. The predicted molar refractivity (Wildman–Crippen MR) is 123 cm³/mol. The zero-order valence-corrected chi connectivity index (χ0v) is 22.3. The van der Waals surface area contributed by atoms with Gasteiger partial charge in [-0.3, -0.25) is 4.90 Å². The molecule has 4 nitrogen and oxygen atoms in total. The van der Waals surface area contributed by atoms with E-state index < -0.39 is 33.3 Å². The molecule has 0 saturated carbocycles. The first-order chi connectivity index (χ1) is 11.2. The van der Waals surface area contributed by atoms with Crippen LogP contribution >= 0.6 is 0 Å². The molecule has 146 valence electrons. The minimum absolute atomic E-state index is 1.23. The van der Waals surface area contributed by atoms with Gasteiger partial charge < -0.3 is 12.7 Å². The monoisotopic (exact) mass is 414 g/mol. The molecule has 3 saturated heterocycles. The van der Waals surface area contributed by atoms with Gasteiger partial charge in [0.25, 0.3) is 8.56 Å². The van der Waals surface area contributed by atoms with E-state index in [4.69, 9.17) is 0 Å². The van der Waals surface area contributed by atoms with E-state index in [0.29, 0.717) is 0 Å². The molecule has 0 aliphatic carbocycles. The summed E-state index contributed by atoms with van der Waals surface area (Å²) in [5, 5.41) is 0. The van der Waals surface area contributed by atoms with Crippen LogP contribution in [0.2, 0.25) is 58.9 Å². The Hall–Kier alpha value is 0.448. The number of hydrogen-bond donors (Lipinski definition) is 0. The van der Waals surface area contributed by atoms with Crippen LogP contribution in [0.5, 0.6) is 0 Å². The molecule has 2 bridgehead atoms. The first-order valence-corrected chi connectivity index (χ1v) is 22.2. The van der Waals surface area contributed by atoms with E-state index in [1.54, 1.807) is 0 Å². The molecule has 0 aromatic rings. The molecule has 3 fully saturated rings. The summed E-state index contributed by atoms with van der Waals surface area (Å²) < 4.78 is 9.11. The smallest absolute Gasteiger partial charge is 0.295 e. The van der Waals surface area contributed by atoms with Crippen LogP contribution in [0.4, 0.5) is 0 Å². The van der Waals surface area contributed by atoms with Crippen LogP contribution in [0.3, 0.4) is 0 Å². The van der Waals surface area contributed by atoms with Crippen molar-refractivity contribution in [3.05, 3.63) is 12.3 Å². The molecule has 0 aromatic heterocycles. The Kier molecular flexibility index (Phi) is 6.19. The van der Waals surface area contributed by atoms with Crippen LogP contribution in [0.25, 0.3) is 0 Å². The quantitative estimate of drug-likeness (QED) is 0.654. The van der Waals surface area contributed by atoms with E-state index in [0.717, 1.165) is 0 Å². The van der Waals surface area contributed by atoms with Crippen molar-refractivity contribution in [1.82, 2.24) is 17.6 Å². The van der Waals surface area contributed by atoms with Gasteiger partial charge in [-0.25, -0.2) is 0 Å². The summed E-state index contributed by atoms with van der Waals surface area (Å²) in [5.74, 6) is 0. The fraction of sp³-hybridized carbons (Fsp3) is 0.882. The molecule has 0 spiro atoms. The van der Waals surface area contributed by atoms with Crippen molar-refractivity contribution >= 4 is 33.3 Å². The Morgan fingerprint density at radius 2 is 0.880 bits per heavy atom. The van der Waals surface area contributed by atoms with Crippen molar-refractivity contribution in [3.8, 4) is 0 Å². The SMILES string of the molecule is C=C[Si]12N([Si](C)(C)C)CCN(CCN1[Si](C)(C)C)CCN2[Si](C)(C)C. The molecule has 0 N–H and O–H groups in total. The second kappa shape index (κ2) is 7.12. The van der Waals surface area contributed by atoms with Crippen LogP contribution in [0.15, 0.2) is 12.3 Å². The third-order valence-electron chi connectivity index (χ3n) is 5.81. The zero-order chi connectivity index (χ0) is 19.3. The lowest BCUT2D eigenvalue weighted by atomic mass is 10.4. The van der Waals surface area contributed by atoms with Gasteiger partial charge in [-0.2, -0.15) is 0 Å². The van der Waals surface area contributed by atoms with Gasteiger partial charge >= 0.3 is 0 Å². The van der Waals surface area contributed by atoms with Gasteiger partial charge in [0.15, 0.2) is 0 Å². The zero-order valence-electron chi connectivity index (χ0n) is 18.3. The van der Waals surface area contributed by atoms with Gasteiger partial charge in [0.2, 0.25) is 0 Å². The maximum absolute atomic E-state index is 4.55. The van der Waals surface area contributed by atoms with Crippen LogP contribution in [0.1, 0.15) is 0 Å². The first-order valence-electron chi connectivity index (χ1n) is 9.94. The number of rotatable bonds is 4. The first kappa shape index (κ1) is 21.7. The van der Waals surface area contributed by atoms with Crippen LogP contribution in [0, 0.1) is 0 Å². The lowest BCUT2D eigenvalue weighted by Crippen LogP contribution is -2.87. The maximum atomic E-state index is 4.55. The molecule has 3 aliphatic rings. The fourth-order valence-electron chi connectivity index (χ4n) is 4.81. The highest BCUT2D eigenvalue weighted by Gasteiger charge is 2.59. The standard InChI is InChI=1S/C17H42N4Si4/c1-11-25-19(22(2,3)4)15-12-18(13-16-20(25)23(5,6)7)14-17-21(25)24(8,9)10/h11H,1,12-17H2,2-10H3. The largest absolute Gasteiger partial charge is 0.317 e. The van der Waals surface area contributed by atoms with E-state index >= 15 is 0 Å². The van der Waals surface area contributed by atoms with Gasteiger partial charge in [0, 0.05) is 39.3 Å². The molecular formula is C17H42N4Si4. The Balaban J connectivity index is 2.76. The highest BCUT2D eigenvalue weighted by molar-refractivity contribution is 7.02. The van der Waals surface area contributed by atoms with Crippen molar-refractivity contribution in [2.75, 3.05) is 39.3 Å². The van der Waals surface area contributed by atoms with Crippen LogP contribution in [-0.2, 0) is 0 Å². The van der Waals surface area contributed by atoms with Crippen molar-refractivity contribution in [2.45, 2.75) is 58.9 Å². The summed E-state index contributed by atoms with van der Waals surface area (Å²) in [5.41, 5.74) is 2.47. The number of fused-ring (bicyclic) bond motifs is 6. The normalized spacial score (nSPS) is 31.5. The summed E-state index contributed by atoms with van der Waals surface area (Å²) in [7, 11) is -6.47. The highest BCUT2D eigenvalue weighted by atomic mass is 28.5. The molecule has 0 atom stereocenters. The van der Waals surface area contributed by atoms with Gasteiger partial charge in [0.05, 0.1) is 0 Å². The molecule has 0 unspecified atom stereocenters. The Bertz CT molecular complexity index is 428. The van der Waals surface area contributed by atoms with E-state index in [2.05, 4.69) is 88.8 Å². The van der Waals surface area contributed by atoms with E-state index in [1.807, 2.05) is 0 Å². The Morgan fingerprint density at radius 3 is 1.08 bits per heavy atom. The van der Waals surface area contributed by atoms with E-state index in [-0.39, 0.29) is 0 Å². The topological polar surface area (TPSA) is 13.0 Å². The average molecular weight is 415 g/mol. The molecule has 0 radical (unpaired) electrons. The van der Waals surface area contributed by atoms with Gasteiger partial charge in [-0.05, 0) is 0 Å². The molecule has 8 heteroatoms. The second-order valence-electron chi connectivity index (χ2n) is 10.7. The lowest BCUT2D eigenvalue weighted by molar-refractivity contribution is 0.197. The second-order valence-corrected chi connectivity index (χ2v) is 30.1. The van der Waals surface area contributed by atoms with Crippen LogP contribution < -0.4 is 0 Å². The molecule has 3 heterocycles. The number of hydrogen-bond acceptors (Lipinski definition) is 4.